The maximum atomic E-state index is 12.1. The van der Waals surface area contributed by atoms with Crippen molar-refractivity contribution in [2.45, 2.75) is 31.8 Å². The number of ether oxygens (including phenoxy) is 1. The van der Waals surface area contributed by atoms with Gasteiger partial charge in [-0.3, -0.25) is 4.79 Å². The second-order valence-electron chi connectivity index (χ2n) is 4.47. The lowest BCUT2D eigenvalue weighted by molar-refractivity contribution is -0.141. The van der Waals surface area contributed by atoms with E-state index in [-0.39, 0.29) is 17.9 Å². The number of hydrogen-bond donors (Lipinski definition) is 1. The van der Waals surface area contributed by atoms with E-state index in [1.54, 1.807) is 0 Å². The second kappa shape index (κ2) is 4.94. The Labute approximate surface area is 90.2 Å². The summed E-state index contributed by atoms with van der Waals surface area (Å²) in [6, 6.07) is 0. The van der Waals surface area contributed by atoms with Gasteiger partial charge in [0.05, 0.1) is 6.10 Å². The van der Waals surface area contributed by atoms with Gasteiger partial charge in [0.25, 0.3) is 0 Å². The standard InChI is InChI=1S/C11H19NO3/c13-10-2-1-5-12(8-10)11(14)9-3-6-15-7-4-9/h9-10,13H,1-8H2/t10-/m0/s1. The fourth-order valence-corrected chi connectivity index (χ4v) is 2.36. The van der Waals surface area contributed by atoms with Gasteiger partial charge in [-0.2, -0.15) is 0 Å². The Balaban J connectivity index is 1.88. The molecule has 86 valence electrons. The minimum atomic E-state index is -0.317. The van der Waals surface area contributed by atoms with Crippen molar-refractivity contribution in [1.82, 2.24) is 4.90 Å². The molecule has 2 saturated heterocycles. The van der Waals surface area contributed by atoms with Crippen molar-refractivity contribution in [3.63, 3.8) is 0 Å². The first-order valence-corrected chi connectivity index (χ1v) is 5.82. The van der Waals surface area contributed by atoms with E-state index in [0.29, 0.717) is 19.8 Å². The van der Waals surface area contributed by atoms with Gasteiger partial charge in [0.2, 0.25) is 5.91 Å². The fourth-order valence-electron chi connectivity index (χ4n) is 2.36. The van der Waals surface area contributed by atoms with E-state index in [4.69, 9.17) is 4.74 Å². The van der Waals surface area contributed by atoms with Crippen LogP contribution < -0.4 is 0 Å². The Morgan fingerprint density at radius 3 is 2.67 bits per heavy atom. The van der Waals surface area contributed by atoms with Gasteiger partial charge in [-0.15, -0.1) is 0 Å². The molecule has 4 nitrogen and oxygen atoms in total. The van der Waals surface area contributed by atoms with Crippen molar-refractivity contribution in [2.24, 2.45) is 5.92 Å². The normalized spacial score (nSPS) is 29.1. The largest absolute Gasteiger partial charge is 0.391 e. The molecule has 0 aliphatic carbocycles. The smallest absolute Gasteiger partial charge is 0.225 e. The molecule has 0 radical (unpaired) electrons. The van der Waals surface area contributed by atoms with Crippen LogP contribution in [-0.2, 0) is 9.53 Å². The molecule has 0 spiro atoms. The van der Waals surface area contributed by atoms with Crippen LogP contribution in [0.3, 0.4) is 0 Å². The summed E-state index contributed by atoms with van der Waals surface area (Å²) in [5.41, 5.74) is 0. The molecule has 2 aliphatic heterocycles. The van der Waals surface area contributed by atoms with Crippen molar-refractivity contribution in [1.29, 1.82) is 0 Å². The van der Waals surface area contributed by atoms with E-state index < -0.39 is 0 Å². The van der Waals surface area contributed by atoms with E-state index in [0.717, 1.165) is 32.2 Å². The number of carbonyl (C=O) groups excluding carboxylic acids is 1. The summed E-state index contributed by atoms with van der Waals surface area (Å²) in [6.45, 7) is 2.74. The first-order chi connectivity index (χ1) is 7.27. The van der Waals surface area contributed by atoms with Gasteiger partial charge >= 0.3 is 0 Å². The van der Waals surface area contributed by atoms with Crippen molar-refractivity contribution in [3.8, 4) is 0 Å². The lowest BCUT2D eigenvalue weighted by atomic mass is 9.97. The third kappa shape index (κ3) is 2.69. The number of piperidine rings is 1. The molecule has 0 saturated carbocycles. The highest BCUT2D eigenvalue weighted by atomic mass is 16.5. The van der Waals surface area contributed by atoms with Gasteiger partial charge in [0, 0.05) is 32.2 Å². The van der Waals surface area contributed by atoms with Gasteiger partial charge in [0.1, 0.15) is 0 Å². The number of amides is 1. The maximum absolute atomic E-state index is 12.1. The summed E-state index contributed by atoms with van der Waals surface area (Å²) in [4.78, 5) is 13.9. The molecular weight excluding hydrogens is 194 g/mol. The fraction of sp³-hybridized carbons (Fsp3) is 0.909. The van der Waals surface area contributed by atoms with Crippen molar-refractivity contribution >= 4 is 5.91 Å². The third-order valence-electron chi connectivity index (χ3n) is 3.28. The summed E-state index contributed by atoms with van der Waals surface area (Å²) in [6.07, 6.45) is 3.12. The predicted molar refractivity (Wildman–Crippen MR) is 55.4 cm³/mol. The average molecular weight is 213 g/mol. The minimum absolute atomic E-state index is 0.129. The predicted octanol–water partition coefficient (Wildman–Crippen LogP) is 0.396. The Morgan fingerprint density at radius 2 is 2.00 bits per heavy atom. The Hall–Kier alpha value is -0.610. The molecule has 4 heteroatoms. The van der Waals surface area contributed by atoms with Crippen molar-refractivity contribution in [2.75, 3.05) is 26.3 Å². The quantitative estimate of drug-likeness (QED) is 0.685. The number of likely N-dealkylation sites (tertiary alicyclic amines) is 1. The van der Waals surface area contributed by atoms with Crippen LogP contribution in [0.5, 0.6) is 0 Å². The number of rotatable bonds is 1. The molecule has 2 fully saturated rings. The lowest BCUT2D eigenvalue weighted by Crippen LogP contribution is -2.45. The van der Waals surface area contributed by atoms with Crippen molar-refractivity contribution < 1.29 is 14.6 Å². The zero-order valence-electron chi connectivity index (χ0n) is 9.02. The third-order valence-corrected chi connectivity index (χ3v) is 3.28. The van der Waals surface area contributed by atoms with Crippen LogP contribution in [0.2, 0.25) is 0 Å². The second-order valence-corrected chi connectivity index (χ2v) is 4.47. The molecule has 1 atom stereocenters. The minimum Gasteiger partial charge on any atom is -0.391 e. The summed E-state index contributed by atoms with van der Waals surface area (Å²) in [5, 5.41) is 9.51. The van der Waals surface area contributed by atoms with Gasteiger partial charge in [-0.1, -0.05) is 0 Å². The average Bonchev–Trinajstić information content (AvgIpc) is 2.29. The van der Waals surface area contributed by atoms with Crippen molar-refractivity contribution in [3.05, 3.63) is 0 Å². The Morgan fingerprint density at radius 1 is 1.27 bits per heavy atom. The van der Waals surface area contributed by atoms with Crippen LogP contribution in [-0.4, -0.2) is 48.3 Å². The van der Waals surface area contributed by atoms with Crippen LogP contribution in [0.25, 0.3) is 0 Å². The molecule has 2 rings (SSSR count). The molecule has 2 heterocycles. The van der Waals surface area contributed by atoms with Crippen LogP contribution in [0, 0.1) is 5.92 Å². The number of β-amino-alcohol motifs (C(OH)–C–C–N with tert-alkyl or cyclic N) is 1. The molecule has 0 bridgehead atoms. The summed E-state index contributed by atoms with van der Waals surface area (Å²) < 4.78 is 5.24. The topological polar surface area (TPSA) is 49.8 Å². The summed E-state index contributed by atoms with van der Waals surface area (Å²) in [5.74, 6) is 0.348. The highest BCUT2D eigenvalue weighted by molar-refractivity contribution is 5.79. The van der Waals surface area contributed by atoms with E-state index in [1.807, 2.05) is 4.90 Å². The first-order valence-electron chi connectivity index (χ1n) is 5.82. The first kappa shape index (κ1) is 10.9. The highest BCUT2D eigenvalue weighted by Crippen LogP contribution is 2.20. The van der Waals surface area contributed by atoms with E-state index in [1.165, 1.54) is 0 Å². The van der Waals surface area contributed by atoms with Crippen LogP contribution in [0.1, 0.15) is 25.7 Å². The zero-order valence-corrected chi connectivity index (χ0v) is 9.02. The van der Waals surface area contributed by atoms with Gasteiger partial charge in [0.15, 0.2) is 0 Å². The molecular formula is C11H19NO3. The molecule has 0 unspecified atom stereocenters. The molecule has 1 amide bonds. The highest BCUT2D eigenvalue weighted by Gasteiger charge is 2.29. The summed E-state index contributed by atoms with van der Waals surface area (Å²) in [7, 11) is 0. The molecule has 2 aliphatic rings. The lowest BCUT2D eigenvalue weighted by Gasteiger charge is -2.34. The zero-order chi connectivity index (χ0) is 10.7. The van der Waals surface area contributed by atoms with Crippen LogP contribution >= 0.6 is 0 Å². The molecule has 0 aromatic rings. The molecule has 1 N–H and O–H groups in total. The maximum Gasteiger partial charge on any atom is 0.225 e. The van der Waals surface area contributed by atoms with Gasteiger partial charge < -0.3 is 14.7 Å². The van der Waals surface area contributed by atoms with Crippen LogP contribution in [0.15, 0.2) is 0 Å². The number of nitrogens with zero attached hydrogens (tertiary/aromatic N) is 1. The van der Waals surface area contributed by atoms with E-state index in [9.17, 15) is 9.90 Å². The monoisotopic (exact) mass is 213 g/mol. The number of aliphatic hydroxyl groups is 1. The van der Waals surface area contributed by atoms with Crippen LogP contribution in [0.4, 0.5) is 0 Å². The summed E-state index contributed by atoms with van der Waals surface area (Å²) >= 11 is 0. The van der Waals surface area contributed by atoms with E-state index >= 15 is 0 Å². The number of carbonyl (C=O) groups is 1. The Kier molecular flexibility index (Phi) is 3.59. The van der Waals surface area contributed by atoms with Gasteiger partial charge in [-0.05, 0) is 25.7 Å². The molecule has 15 heavy (non-hydrogen) atoms. The number of hydrogen-bond acceptors (Lipinski definition) is 3. The molecule has 0 aromatic carbocycles. The van der Waals surface area contributed by atoms with E-state index in [2.05, 4.69) is 0 Å². The Bertz CT molecular complexity index is 226. The van der Waals surface area contributed by atoms with Gasteiger partial charge in [-0.25, -0.2) is 0 Å². The molecule has 0 aromatic heterocycles. The SMILES string of the molecule is O=C(C1CCOCC1)N1CCC[C@H](O)C1. The number of aliphatic hydroxyl groups excluding tert-OH is 1.